The van der Waals surface area contributed by atoms with E-state index in [1.165, 1.54) is 11.3 Å². The van der Waals surface area contributed by atoms with Crippen LogP contribution in [0.4, 0.5) is 5.69 Å². The molecule has 1 saturated carbocycles. The number of hydrogen-bond acceptors (Lipinski definition) is 5. The number of nitrogens with two attached hydrogens (primary N) is 1. The smallest absolute Gasteiger partial charge is 0.259 e. The molecule has 0 unspecified atom stereocenters. The van der Waals surface area contributed by atoms with Crippen molar-refractivity contribution in [2.45, 2.75) is 25.2 Å². The molecule has 2 aliphatic rings. The van der Waals surface area contributed by atoms with E-state index < -0.39 is 11.3 Å². The van der Waals surface area contributed by atoms with Crippen molar-refractivity contribution in [3.05, 3.63) is 63.8 Å². The third-order valence-electron chi connectivity index (χ3n) is 5.78. The molecule has 30 heavy (non-hydrogen) atoms. The van der Waals surface area contributed by atoms with Gasteiger partial charge in [0.1, 0.15) is 0 Å². The van der Waals surface area contributed by atoms with Gasteiger partial charge in [-0.1, -0.05) is 12.1 Å². The Balaban J connectivity index is 1.43. The maximum absolute atomic E-state index is 13.2. The van der Waals surface area contributed by atoms with E-state index in [9.17, 15) is 9.59 Å². The number of thiophene rings is 1. The van der Waals surface area contributed by atoms with E-state index in [0.29, 0.717) is 22.1 Å². The zero-order valence-electron chi connectivity index (χ0n) is 16.4. The summed E-state index contributed by atoms with van der Waals surface area (Å²) in [7, 11) is 0. The monoisotopic (exact) mass is 420 g/mol. The van der Waals surface area contributed by atoms with Crippen molar-refractivity contribution in [1.29, 1.82) is 0 Å². The van der Waals surface area contributed by atoms with Gasteiger partial charge in [0.2, 0.25) is 12.7 Å². The molecule has 1 aliphatic carbocycles. The number of aryl methyl sites for hydroxylation is 1. The maximum atomic E-state index is 13.2. The van der Waals surface area contributed by atoms with Crippen LogP contribution in [0.1, 0.15) is 33.6 Å². The fourth-order valence-electron chi connectivity index (χ4n) is 3.92. The molecule has 3 N–H and O–H groups in total. The molecule has 0 radical (unpaired) electrons. The van der Waals surface area contributed by atoms with Gasteiger partial charge in [-0.2, -0.15) is 0 Å². The fraction of sp³-hybridized carbons (Fsp3) is 0.217. The first kappa shape index (κ1) is 18.7. The third kappa shape index (κ3) is 3.02. The van der Waals surface area contributed by atoms with Crippen molar-refractivity contribution in [3.8, 4) is 22.6 Å². The summed E-state index contributed by atoms with van der Waals surface area (Å²) in [5, 5.41) is 4.91. The summed E-state index contributed by atoms with van der Waals surface area (Å²) in [6, 6.07) is 13.3. The maximum Gasteiger partial charge on any atom is 0.259 e. The minimum Gasteiger partial charge on any atom is -0.454 e. The first-order valence-corrected chi connectivity index (χ1v) is 10.6. The van der Waals surface area contributed by atoms with Crippen molar-refractivity contribution in [2.75, 3.05) is 12.1 Å². The summed E-state index contributed by atoms with van der Waals surface area (Å²) in [6.07, 6.45) is 1.57. The van der Waals surface area contributed by atoms with E-state index in [1.807, 2.05) is 54.8 Å². The van der Waals surface area contributed by atoms with E-state index >= 15 is 0 Å². The summed E-state index contributed by atoms with van der Waals surface area (Å²) in [5.74, 6) is 0.894. The molecule has 0 atom stereocenters. The minimum absolute atomic E-state index is 0.0448. The van der Waals surface area contributed by atoms with E-state index in [-0.39, 0.29) is 12.7 Å². The number of nitrogens with one attached hydrogen (secondary N) is 1. The van der Waals surface area contributed by atoms with Gasteiger partial charge in [-0.25, -0.2) is 0 Å². The molecule has 2 heterocycles. The van der Waals surface area contributed by atoms with Crippen LogP contribution in [-0.4, -0.2) is 18.6 Å². The Morgan fingerprint density at radius 1 is 1.03 bits per heavy atom. The average Bonchev–Trinajstić information content (AvgIpc) is 3.18. The Labute approximate surface area is 177 Å². The standard InChI is InChI=1S/C23H20N2O4S/c1-13-2-4-15(11-17(13)16-6-9-30-20(16)21(24)26)25-22(27)23(7-8-23)14-3-5-18-19(10-14)29-12-28-18/h2-6,9-11H,7-8,12H2,1H3,(H2,24,26)(H,25,27). The van der Waals surface area contributed by atoms with E-state index in [0.717, 1.165) is 35.1 Å². The van der Waals surface area contributed by atoms with Gasteiger partial charge >= 0.3 is 0 Å². The number of benzene rings is 2. The molecule has 1 aromatic heterocycles. The van der Waals surface area contributed by atoms with Crippen LogP contribution in [0.15, 0.2) is 47.8 Å². The average molecular weight is 420 g/mol. The van der Waals surface area contributed by atoms with Crippen LogP contribution in [0.5, 0.6) is 11.5 Å². The summed E-state index contributed by atoms with van der Waals surface area (Å²) in [6.45, 7) is 2.18. The van der Waals surface area contributed by atoms with Gasteiger partial charge in [0.25, 0.3) is 5.91 Å². The first-order chi connectivity index (χ1) is 14.5. The lowest BCUT2D eigenvalue weighted by atomic mass is 9.94. The first-order valence-electron chi connectivity index (χ1n) is 9.68. The number of carbonyl (C=O) groups is 2. The van der Waals surface area contributed by atoms with Gasteiger partial charge in [-0.3, -0.25) is 9.59 Å². The van der Waals surface area contributed by atoms with Gasteiger partial charge in [0.05, 0.1) is 10.3 Å². The zero-order valence-corrected chi connectivity index (χ0v) is 17.2. The van der Waals surface area contributed by atoms with Crippen LogP contribution < -0.4 is 20.5 Å². The Hall–Kier alpha value is -3.32. The molecule has 2 amide bonds. The Bertz CT molecular complexity index is 1180. The number of primary amides is 1. The molecule has 7 heteroatoms. The van der Waals surface area contributed by atoms with Gasteiger partial charge in [-0.15, -0.1) is 11.3 Å². The number of ether oxygens (including phenoxy) is 2. The molecule has 3 aromatic rings. The topological polar surface area (TPSA) is 90.7 Å². The van der Waals surface area contributed by atoms with Crippen molar-refractivity contribution in [1.82, 2.24) is 0 Å². The molecular weight excluding hydrogens is 400 g/mol. The lowest BCUT2D eigenvalue weighted by Gasteiger charge is -2.17. The number of fused-ring (bicyclic) bond motifs is 1. The molecule has 5 rings (SSSR count). The van der Waals surface area contributed by atoms with Crippen molar-refractivity contribution < 1.29 is 19.1 Å². The van der Waals surface area contributed by atoms with Crippen molar-refractivity contribution in [3.63, 3.8) is 0 Å². The molecule has 6 nitrogen and oxygen atoms in total. The molecule has 0 spiro atoms. The fourth-order valence-corrected chi connectivity index (χ4v) is 4.68. The van der Waals surface area contributed by atoms with Crippen LogP contribution in [0.3, 0.4) is 0 Å². The molecule has 2 aromatic carbocycles. The normalized spacial score (nSPS) is 15.6. The van der Waals surface area contributed by atoms with E-state index in [2.05, 4.69) is 5.32 Å². The number of carbonyl (C=O) groups excluding carboxylic acids is 2. The second-order valence-corrected chi connectivity index (χ2v) is 8.58. The SMILES string of the molecule is Cc1ccc(NC(=O)C2(c3ccc4c(c3)OCO4)CC2)cc1-c1ccsc1C(N)=O. The highest BCUT2D eigenvalue weighted by atomic mass is 32.1. The van der Waals surface area contributed by atoms with Crippen LogP contribution in [0, 0.1) is 6.92 Å². The van der Waals surface area contributed by atoms with Gasteiger partial charge in [-0.05, 0) is 72.2 Å². The van der Waals surface area contributed by atoms with Gasteiger partial charge in [0.15, 0.2) is 11.5 Å². The summed E-state index contributed by atoms with van der Waals surface area (Å²) >= 11 is 1.32. The Morgan fingerprint density at radius 2 is 1.83 bits per heavy atom. The van der Waals surface area contributed by atoms with E-state index in [4.69, 9.17) is 15.2 Å². The molecular formula is C23H20N2O4S. The lowest BCUT2D eigenvalue weighted by molar-refractivity contribution is -0.118. The summed E-state index contributed by atoms with van der Waals surface area (Å²) in [5.41, 5.74) is 9.27. The molecule has 0 saturated heterocycles. The second-order valence-electron chi connectivity index (χ2n) is 7.66. The summed E-state index contributed by atoms with van der Waals surface area (Å²) in [4.78, 5) is 25.5. The number of hydrogen-bond donors (Lipinski definition) is 2. The molecule has 152 valence electrons. The number of anilines is 1. The van der Waals surface area contributed by atoms with Gasteiger partial charge in [0, 0.05) is 11.3 Å². The predicted molar refractivity (Wildman–Crippen MR) is 115 cm³/mol. The zero-order chi connectivity index (χ0) is 20.9. The quantitative estimate of drug-likeness (QED) is 0.647. The van der Waals surface area contributed by atoms with Crippen LogP contribution >= 0.6 is 11.3 Å². The highest BCUT2D eigenvalue weighted by Crippen LogP contribution is 2.51. The highest BCUT2D eigenvalue weighted by Gasteiger charge is 2.51. The largest absolute Gasteiger partial charge is 0.454 e. The van der Waals surface area contributed by atoms with Crippen molar-refractivity contribution >= 4 is 28.8 Å². The van der Waals surface area contributed by atoms with Gasteiger partial charge < -0.3 is 20.5 Å². The second kappa shape index (κ2) is 6.88. The van der Waals surface area contributed by atoms with Crippen LogP contribution in [0.25, 0.3) is 11.1 Å². The molecule has 1 fully saturated rings. The number of amides is 2. The van der Waals surface area contributed by atoms with E-state index in [1.54, 1.807) is 0 Å². The Kier molecular flexibility index (Phi) is 4.29. The molecule has 1 aliphatic heterocycles. The lowest BCUT2D eigenvalue weighted by Crippen LogP contribution is -2.27. The minimum atomic E-state index is -0.549. The summed E-state index contributed by atoms with van der Waals surface area (Å²) < 4.78 is 10.8. The Morgan fingerprint density at radius 3 is 2.60 bits per heavy atom. The van der Waals surface area contributed by atoms with Crippen LogP contribution in [-0.2, 0) is 10.2 Å². The molecule has 0 bridgehead atoms. The van der Waals surface area contributed by atoms with Crippen LogP contribution in [0.2, 0.25) is 0 Å². The predicted octanol–water partition coefficient (Wildman–Crippen LogP) is 4.22. The highest BCUT2D eigenvalue weighted by molar-refractivity contribution is 7.12. The third-order valence-corrected chi connectivity index (χ3v) is 6.71. The number of rotatable bonds is 5. The van der Waals surface area contributed by atoms with Crippen molar-refractivity contribution in [2.24, 2.45) is 5.73 Å².